The van der Waals surface area contributed by atoms with Crippen molar-refractivity contribution < 1.29 is 80.2 Å². The van der Waals surface area contributed by atoms with Crippen LogP contribution in [0.4, 0.5) is 0 Å². The van der Waals surface area contributed by atoms with Crippen molar-refractivity contribution in [1.29, 1.82) is 0 Å². The maximum atomic E-state index is 13.1. The van der Waals surface area contributed by atoms with Gasteiger partial charge in [-0.25, -0.2) is 9.13 Å². The fourth-order valence-corrected chi connectivity index (χ4v) is 15.0. The normalized spacial score (nSPS) is 14.1. The van der Waals surface area contributed by atoms with Gasteiger partial charge in [-0.1, -0.05) is 408 Å². The lowest BCUT2D eigenvalue weighted by molar-refractivity contribution is -0.161. The highest BCUT2D eigenvalue weighted by molar-refractivity contribution is 7.47. The van der Waals surface area contributed by atoms with Crippen LogP contribution in [-0.4, -0.2) is 96.7 Å². The van der Waals surface area contributed by atoms with E-state index >= 15 is 0 Å². The van der Waals surface area contributed by atoms with E-state index in [-0.39, 0.29) is 25.7 Å². The zero-order chi connectivity index (χ0) is 77.1. The van der Waals surface area contributed by atoms with Crippen molar-refractivity contribution in [2.75, 3.05) is 39.6 Å². The lowest BCUT2D eigenvalue weighted by atomic mass is 10.00. The molecule has 3 unspecified atom stereocenters. The van der Waals surface area contributed by atoms with Crippen LogP contribution < -0.4 is 0 Å². The summed E-state index contributed by atoms with van der Waals surface area (Å²) >= 11 is 0. The number of aliphatic hydroxyl groups excluding tert-OH is 1. The number of aliphatic hydroxyl groups is 1. The number of phosphoric ester groups is 2. The van der Waals surface area contributed by atoms with E-state index in [0.29, 0.717) is 25.7 Å². The van der Waals surface area contributed by atoms with Crippen molar-refractivity contribution in [1.82, 2.24) is 0 Å². The molecule has 624 valence electrons. The van der Waals surface area contributed by atoms with E-state index in [4.69, 9.17) is 37.0 Å². The first kappa shape index (κ1) is 103. The van der Waals surface area contributed by atoms with Gasteiger partial charge in [0.2, 0.25) is 0 Å². The first-order valence-electron chi connectivity index (χ1n) is 44.5. The van der Waals surface area contributed by atoms with Crippen LogP contribution in [-0.2, 0) is 65.4 Å². The van der Waals surface area contributed by atoms with Crippen LogP contribution in [0.15, 0.2) is 0 Å². The topological polar surface area (TPSA) is 237 Å². The molecule has 17 nitrogen and oxygen atoms in total. The summed E-state index contributed by atoms with van der Waals surface area (Å²) in [6, 6.07) is 0. The standard InChI is InChI=1S/C86H168O17P2/c1-7-10-12-14-16-18-20-22-24-26-28-30-32-34-36-38-40-45-49-56-62-68-83(88)96-74-81(102-85(90)70-64-58-50-46-41-39-37-35-33-31-29-27-25-23-21-19-17-15-13-11-8-2)76-100-104(92,93)98-72-80(87)73-99-105(94,95)101-77-82(75-97-84(89)69-63-57-53-52-55-61-67-79(6)9-3)103-86(91)71-65-59-51-47-43-42-44-48-54-60-66-78(4)5/h78-82,87H,7-77H2,1-6H3,(H,92,93)(H,94,95)/t79?,80-,81-,82-/m1/s1. The van der Waals surface area contributed by atoms with Crippen molar-refractivity contribution in [3.8, 4) is 0 Å². The van der Waals surface area contributed by atoms with Gasteiger partial charge in [-0.15, -0.1) is 0 Å². The summed E-state index contributed by atoms with van der Waals surface area (Å²) in [6.07, 6.45) is 69.7. The van der Waals surface area contributed by atoms with Crippen LogP contribution in [0, 0.1) is 11.8 Å². The number of carbonyl (C=O) groups excluding carboxylic acids is 4. The lowest BCUT2D eigenvalue weighted by Gasteiger charge is -2.21. The van der Waals surface area contributed by atoms with E-state index in [9.17, 15) is 43.2 Å². The van der Waals surface area contributed by atoms with E-state index in [0.717, 1.165) is 108 Å². The average Bonchev–Trinajstić information content (AvgIpc) is 1.05. The summed E-state index contributed by atoms with van der Waals surface area (Å²) in [4.78, 5) is 73.2. The van der Waals surface area contributed by atoms with Crippen molar-refractivity contribution in [3.63, 3.8) is 0 Å². The van der Waals surface area contributed by atoms with Gasteiger partial charge in [-0.05, 0) is 37.5 Å². The predicted molar refractivity (Wildman–Crippen MR) is 432 cm³/mol. The monoisotopic (exact) mass is 1540 g/mol. The Kier molecular flexibility index (Phi) is 76.0. The molecule has 0 saturated heterocycles. The Bertz CT molecular complexity index is 2010. The minimum absolute atomic E-state index is 0.105. The molecule has 6 atom stereocenters. The van der Waals surface area contributed by atoms with Gasteiger partial charge in [0, 0.05) is 25.7 Å². The van der Waals surface area contributed by atoms with Crippen LogP contribution in [0.25, 0.3) is 0 Å². The van der Waals surface area contributed by atoms with Crippen LogP contribution in [0.2, 0.25) is 0 Å². The highest BCUT2D eigenvalue weighted by Gasteiger charge is 2.30. The predicted octanol–water partition coefficient (Wildman–Crippen LogP) is 26.2. The van der Waals surface area contributed by atoms with Gasteiger partial charge in [0.05, 0.1) is 26.4 Å². The molecule has 0 spiro atoms. The molecular formula is C86H168O17P2. The molecule has 0 saturated carbocycles. The maximum Gasteiger partial charge on any atom is 0.472 e. The molecule has 0 amide bonds. The van der Waals surface area contributed by atoms with Gasteiger partial charge in [0.25, 0.3) is 0 Å². The molecule has 0 aromatic rings. The molecular weight excluding hydrogens is 1370 g/mol. The molecule has 0 heterocycles. The summed E-state index contributed by atoms with van der Waals surface area (Å²) in [6.45, 7) is 9.61. The van der Waals surface area contributed by atoms with E-state index in [1.165, 1.54) is 270 Å². The van der Waals surface area contributed by atoms with E-state index in [2.05, 4.69) is 41.5 Å². The van der Waals surface area contributed by atoms with Gasteiger partial charge < -0.3 is 33.8 Å². The maximum absolute atomic E-state index is 13.1. The zero-order valence-corrected chi connectivity index (χ0v) is 70.8. The van der Waals surface area contributed by atoms with Crippen molar-refractivity contribution in [3.05, 3.63) is 0 Å². The largest absolute Gasteiger partial charge is 0.472 e. The van der Waals surface area contributed by atoms with Gasteiger partial charge in [-0.3, -0.25) is 37.3 Å². The second-order valence-electron chi connectivity index (χ2n) is 31.6. The molecule has 0 aliphatic heterocycles. The third-order valence-corrected chi connectivity index (χ3v) is 22.5. The SMILES string of the molecule is CCCCCCCCCCCCCCCCCCCCCCCC(=O)OC[C@H](COP(=O)(O)OC[C@@H](O)COP(=O)(O)OC[C@@H](COC(=O)CCCCCCCCC(C)CC)OC(=O)CCCCCCCCCCCCC(C)C)OC(=O)CCCCCCCCCCCCCCCCCCCCCCC. The molecule has 19 heteroatoms. The van der Waals surface area contributed by atoms with Crippen molar-refractivity contribution in [2.24, 2.45) is 11.8 Å². The second-order valence-corrected chi connectivity index (χ2v) is 34.6. The van der Waals surface area contributed by atoms with Crippen LogP contribution in [0.1, 0.15) is 459 Å². The third-order valence-electron chi connectivity index (χ3n) is 20.6. The molecule has 3 N–H and O–H groups in total. The summed E-state index contributed by atoms with van der Waals surface area (Å²) in [5.74, 6) is -0.624. The highest BCUT2D eigenvalue weighted by Crippen LogP contribution is 2.45. The average molecular weight is 1540 g/mol. The number of hydrogen-bond acceptors (Lipinski definition) is 15. The number of esters is 4. The van der Waals surface area contributed by atoms with Crippen LogP contribution in [0.5, 0.6) is 0 Å². The van der Waals surface area contributed by atoms with E-state index in [1.54, 1.807) is 0 Å². The lowest BCUT2D eigenvalue weighted by Crippen LogP contribution is -2.30. The molecule has 0 radical (unpaired) electrons. The highest BCUT2D eigenvalue weighted by atomic mass is 31.2. The molecule has 0 bridgehead atoms. The molecule has 0 aromatic carbocycles. The molecule has 105 heavy (non-hydrogen) atoms. The van der Waals surface area contributed by atoms with Gasteiger partial charge >= 0.3 is 39.5 Å². The van der Waals surface area contributed by atoms with Crippen LogP contribution in [0.3, 0.4) is 0 Å². The fourth-order valence-electron chi connectivity index (χ4n) is 13.4. The number of hydrogen-bond donors (Lipinski definition) is 3. The zero-order valence-electron chi connectivity index (χ0n) is 69.0. The molecule has 0 rings (SSSR count). The van der Waals surface area contributed by atoms with Gasteiger partial charge in [0.1, 0.15) is 19.3 Å². The molecule has 0 aromatic heterocycles. The number of unbranched alkanes of at least 4 members (excludes halogenated alkanes) is 54. The third kappa shape index (κ3) is 78.5. The van der Waals surface area contributed by atoms with Gasteiger partial charge in [-0.2, -0.15) is 0 Å². The van der Waals surface area contributed by atoms with Crippen LogP contribution >= 0.6 is 15.6 Å². The Labute approximate surface area is 645 Å². The summed E-state index contributed by atoms with van der Waals surface area (Å²) in [7, 11) is -9.93. The Hall–Kier alpha value is -1.94. The summed E-state index contributed by atoms with van der Waals surface area (Å²) in [5.41, 5.74) is 0. The Morgan fingerprint density at radius 1 is 0.276 bits per heavy atom. The van der Waals surface area contributed by atoms with Crippen molar-refractivity contribution >= 4 is 39.5 Å². The number of phosphoric acid groups is 2. The van der Waals surface area contributed by atoms with Crippen molar-refractivity contribution in [2.45, 2.75) is 477 Å². The first-order valence-corrected chi connectivity index (χ1v) is 47.5. The molecule has 0 aliphatic carbocycles. The van der Waals surface area contributed by atoms with Gasteiger partial charge in [0.15, 0.2) is 12.2 Å². The Balaban J connectivity index is 5.21. The van der Waals surface area contributed by atoms with E-state index < -0.39 is 97.5 Å². The molecule has 0 fully saturated rings. The fraction of sp³-hybridized carbons (Fsp3) is 0.953. The Morgan fingerprint density at radius 2 is 0.486 bits per heavy atom. The molecule has 0 aliphatic rings. The number of carbonyl (C=O) groups is 4. The number of ether oxygens (including phenoxy) is 4. The first-order chi connectivity index (χ1) is 50.9. The minimum Gasteiger partial charge on any atom is -0.462 e. The number of rotatable bonds is 85. The smallest absolute Gasteiger partial charge is 0.462 e. The minimum atomic E-state index is -4.97. The summed E-state index contributed by atoms with van der Waals surface area (Å²) < 4.78 is 68.8. The summed E-state index contributed by atoms with van der Waals surface area (Å²) in [5, 5.41) is 10.7. The van der Waals surface area contributed by atoms with E-state index in [1.807, 2.05) is 0 Å². The quantitative estimate of drug-likeness (QED) is 0.0222. The second kappa shape index (κ2) is 77.4. The Morgan fingerprint density at radius 3 is 0.724 bits per heavy atom.